The number of rotatable bonds is 8. The fraction of sp³-hybridized carbons (Fsp3) is 0.409. The molecule has 1 atom stereocenters. The summed E-state index contributed by atoms with van der Waals surface area (Å²) in [6.45, 7) is 2.28. The Bertz CT molecular complexity index is 715. The number of benzene rings is 2. The van der Waals surface area contributed by atoms with Crippen molar-refractivity contribution in [1.29, 1.82) is 0 Å². The van der Waals surface area contributed by atoms with E-state index in [0.29, 0.717) is 0 Å². The summed E-state index contributed by atoms with van der Waals surface area (Å²) in [4.78, 5) is 0. The van der Waals surface area contributed by atoms with Crippen molar-refractivity contribution in [2.45, 2.75) is 57.3 Å². The first-order chi connectivity index (χ1) is 12.1. The molecule has 0 heterocycles. The molecule has 128 valence electrons. The fourth-order valence-corrected chi connectivity index (χ4v) is 4.66. The van der Waals surface area contributed by atoms with Gasteiger partial charge in [0.15, 0.2) is 0 Å². The number of unbranched alkanes of at least 4 members (excludes halogenated alkanes) is 5. The Morgan fingerprint density at radius 3 is 2.32 bits per heavy atom. The zero-order valence-corrected chi connectivity index (χ0v) is 17.2. The van der Waals surface area contributed by atoms with Crippen LogP contribution in [0.25, 0.3) is 11.1 Å². The third kappa shape index (κ3) is 3.58. The van der Waals surface area contributed by atoms with Crippen molar-refractivity contribution < 1.29 is 0 Å². The van der Waals surface area contributed by atoms with Crippen molar-refractivity contribution in [3.8, 4) is 11.1 Å². The van der Waals surface area contributed by atoms with Crippen LogP contribution in [0.3, 0.4) is 0 Å². The molecular weight excluding hydrogens is 366 g/mol. The molecular formula is C22H27B2Br. The van der Waals surface area contributed by atoms with E-state index in [0.717, 1.165) is 10.9 Å². The number of halogens is 1. The monoisotopic (exact) mass is 392 g/mol. The molecule has 1 unspecified atom stereocenters. The minimum absolute atomic E-state index is 0.0365. The van der Waals surface area contributed by atoms with Crippen LogP contribution < -0.4 is 5.46 Å². The molecule has 0 N–H and O–H groups in total. The molecule has 0 radical (unpaired) electrons. The van der Waals surface area contributed by atoms with Crippen LogP contribution in [0.4, 0.5) is 0 Å². The van der Waals surface area contributed by atoms with Gasteiger partial charge in [-0.25, -0.2) is 0 Å². The first-order valence-corrected chi connectivity index (χ1v) is 10.5. The average molecular weight is 393 g/mol. The molecule has 0 aliphatic heterocycles. The maximum atomic E-state index is 4.28. The van der Waals surface area contributed by atoms with Crippen molar-refractivity contribution in [3.63, 3.8) is 0 Å². The third-order valence-corrected chi connectivity index (χ3v) is 6.17. The van der Waals surface area contributed by atoms with Gasteiger partial charge < -0.3 is 0 Å². The second-order valence-corrected chi connectivity index (χ2v) is 8.35. The molecule has 1 aliphatic rings. The summed E-state index contributed by atoms with van der Waals surface area (Å²) in [5, 5.41) is 0. The standard InChI is InChI=1S/C22H27B2Br/c1-2-3-4-5-6-7-12-22(15-23)20-13-16(24)8-10-18(20)19-11-9-17(25)14-21(19)22/h8-11,13-15,23H,2-7,12,24H2,1H3. The van der Waals surface area contributed by atoms with E-state index in [1.54, 1.807) is 0 Å². The molecule has 3 rings (SSSR count). The molecule has 0 spiro atoms. The van der Waals surface area contributed by atoms with E-state index in [2.05, 4.69) is 80.6 Å². The Kier molecular flexibility index (Phi) is 6.04. The van der Waals surface area contributed by atoms with E-state index in [9.17, 15) is 0 Å². The number of hydrogen-bond donors (Lipinski definition) is 0. The maximum absolute atomic E-state index is 4.28. The summed E-state index contributed by atoms with van der Waals surface area (Å²) in [6, 6.07) is 13.6. The Hall–Kier alpha value is -1.08. The SMILES string of the molecule is B=CC1(CCCCCCCC)c2cc(B)ccc2-c2ccc(Br)cc21. The second-order valence-electron chi connectivity index (χ2n) is 7.43. The average Bonchev–Trinajstić information content (AvgIpc) is 2.87. The van der Waals surface area contributed by atoms with E-state index in [4.69, 9.17) is 0 Å². The zero-order chi connectivity index (χ0) is 17.9. The second kappa shape index (κ2) is 8.08. The van der Waals surface area contributed by atoms with Crippen LogP contribution in [0.15, 0.2) is 40.9 Å². The Labute approximate surface area is 163 Å². The van der Waals surface area contributed by atoms with Crippen LogP contribution in [-0.2, 0) is 5.41 Å². The zero-order valence-electron chi connectivity index (χ0n) is 15.6. The Balaban J connectivity index is 1.93. The molecule has 0 amide bonds. The quantitative estimate of drug-likeness (QED) is 0.460. The van der Waals surface area contributed by atoms with E-state index >= 15 is 0 Å². The first-order valence-electron chi connectivity index (χ1n) is 9.67. The minimum atomic E-state index is -0.0365. The van der Waals surface area contributed by atoms with Gasteiger partial charge in [-0.1, -0.05) is 0 Å². The van der Waals surface area contributed by atoms with Crippen molar-refractivity contribution in [2.24, 2.45) is 0 Å². The van der Waals surface area contributed by atoms with E-state index in [-0.39, 0.29) is 5.41 Å². The van der Waals surface area contributed by atoms with Crippen molar-refractivity contribution in [3.05, 3.63) is 52.0 Å². The summed E-state index contributed by atoms with van der Waals surface area (Å²) in [7, 11) is 6.48. The van der Waals surface area contributed by atoms with Crippen LogP contribution in [0.1, 0.15) is 63.0 Å². The Morgan fingerprint density at radius 2 is 1.60 bits per heavy atom. The molecule has 0 saturated carbocycles. The molecule has 25 heavy (non-hydrogen) atoms. The van der Waals surface area contributed by atoms with Gasteiger partial charge in [0.25, 0.3) is 0 Å². The van der Waals surface area contributed by atoms with Crippen LogP contribution in [-0.4, -0.2) is 21.3 Å². The van der Waals surface area contributed by atoms with Gasteiger partial charge in [-0.2, -0.15) is 0 Å². The van der Waals surface area contributed by atoms with Crippen LogP contribution in [0.2, 0.25) is 0 Å². The van der Waals surface area contributed by atoms with Gasteiger partial charge in [0.2, 0.25) is 0 Å². The van der Waals surface area contributed by atoms with Gasteiger partial charge in [0.1, 0.15) is 0 Å². The summed E-state index contributed by atoms with van der Waals surface area (Å²) >= 11 is 3.68. The number of hydrogen-bond acceptors (Lipinski definition) is 0. The summed E-state index contributed by atoms with van der Waals surface area (Å²) in [5.74, 6) is 2.20. The molecule has 0 nitrogen and oxygen atoms in total. The molecule has 2 aromatic rings. The van der Waals surface area contributed by atoms with Gasteiger partial charge in [0.05, 0.1) is 0 Å². The van der Waals surface area contributed by atoms with E-state index in [1.165, 1.54) is 66.2 Å². The van der Waals surface area contributed by atoms with Gasteiger partial charge >= 0.3 is 163 Å². The Morgan fingerprint density at radius 1 is 0.960 bits per heavy atom. The van der Waals surface area contributed by atoms with Gasteiger partial charge in [-0.05, 0) is 0 Å². The first kappa shape index (κ1) is 18.7. The van der Waals surface area contributed by atoms with Gasteiger partial charge in [-0.3, -0.25) is 0 Å². The molecule has 0 saturated heterocycles. The van der Waals surface area contributed by atoms with Gasteiger partial charge in [-0.15, -0.1) is 0 Å². The molecule has 1 aliphatic carbocycles. The summed E-state index contributed by atoms with van der Waals surface area (Å²) < 4.78 is 1.16. The van der Waals surface area contributed by atoms with Crippen molar-refractivity contribution in [1.82, 2.24) is 0 Å². The van der Waals surface area contributed by atoms with Crippen LogP contribution in [0.5, 0.6) is 0 Å². The van der Waals surface area contributed by atoms with Crippen LogP contribution >= 0.6 is 15.9 Å². The molecule has 0 bridgehead atoms. The number of fused-ring (bicyclic) bond motifs is 3. The van der Waals surface area contributed by atoms with Crippen molar-refractivity contribution >= 4 is 42.7 Å². The predicted octanol–water partition coefficient (Wildman–Crippen LogP) is 4.43. The molecule has 2 aromatic carbocycles. The molecule has 0 fully saturated rings. The molecule has 3 heteroatoms. The van der Waals surface area contributed by atoms with Crippen LogP contribution in [0, 0.1) is 0 Å². The fourth-order valence-electron chi connectivity index (χ4n) is 4.30. The predicted molar refractivity (Wildman–Crippen MR) is 120 cm³/mol. The van der Waals surface area contributed by atoms with Gasteiger partial charge in [0, 0.05) is 0 Å². The van der Waals surface area contributed by atoms with Crippen molar-refractivity contribution in [2.75, 3.05) is 0 Å². The normalized spacial score (nSPS) is 18.0. The molecule has 0 aromatic heterocycles. The summed E-state index contributed by atoms with van der Waals surface area (Å²) in [5.41, 5.74) is 6.93. The topological polar surface area (TPSA) is 0 Å². The van der Waals surface area contributed by atoms with E-state index in [1.807, 2.05) is 0 Å². The third-order valence-electron chi connectivity index (χ3n) is 5.68. The van der Waals surface area contributed by atoms with E-state index < -0.39 is 0 Å². The summed E-state index contributed by atoms with van der Waals surface area (Å²) in [6.07, 6.45) is 9.13.